The van der Waals surface area contributed by atoms with Crippen LogP contribution >= 0.6 is 7.82 Å². The molecule has 0 aromatic heterocycles. The summed E-state index contributed by atoms with van der Waals surface area (Å²) in [4.78, 5) is 48.8. The lowest BCUT2D eigenvalue weighted by Gasteiger charge is -2.21. The Bertz CT molecular complexity index is 1670. The van der Waals surface area contributed by atoms with Gasteiger partial charge in [0.2, 0.25) is 0 Å². The lowest BCUT2D eigenvalue weighted by atomic mass is 10.1. The third kappa shape index (κ3) is 59.3. The zero-order valence-corrected chi connectivity index (χ0v) is 52.2. The molecular weight excluding hydrogens is 1020 g/mol. The molecule has 0 spiro atoms. The first-order valence-electron chi connectivity index (χ1n) is 32.5. The van der Waals surface area contributed by atoms with E-state index in [0.29, 0.717) is 19.3 Å². The first-order valence-corrected chi connectivity index (χ1v) is 34.0. The minimum Gasteiger partial charge on any atom is -0.462 e. The van der Waals surface area contributed by atoms with E-state index in [1.165, 1.54) is 103 Å². The number of allylic oxidation sites excluding steroid dienone is 14. The number of phosphoric acid groups is 1. The smallest absolute Gasteiger partial charge is 0.462 e. The number of phosphoric ester groups is 1. The maximum Gasteiger partial charge on any atom is 0.472 e. The fourth-order valence-electron chi connectivity index (χ4n) is 8.84. The number of rotatable bonds is 60. The molecule has 0 fully saturated rings. The Morgan fingerprint density at radius 2 is 0.650 bits per heavy atom. The lowest BCUT2D eigenvalue weighted by Crippen LogP contribution is -2.30. The topological polar surface area (TPSA) is 155 Å². The van der Waals surface area contributed by atoms with Crippen molar-refractivity contribution in [3.05, 3.63) is 85.1 Å². The number of ether oxygens (including phenoxy) is 3. The molecule has 0 heterocycles. The van der Waals surface area contributed by atoms with E-state index >= 15 is 0 Å². The SMILES string of the molecule is CC/C=C\C/C=C\C/C=C\CCCCCCCCCC(=O)OC(CO)COP(=O)(O)OCC(COC(=O)CCCCCCCCC/C=C\CCCCCCCC)OC(=O)CCCCCCCC/C=C\C/C=C\C/C=C\CCCCC. The molecule has 12 heteroatoms. The Labute approximate surface area is 490 Å². The first-order chi connectivity index (χ1) is 39.2. The molecule has 0 bridgehead atoms. The number of esters is 3. The van der Waals surface area contributed by atoms with Crippen molar-refractivity contribution in [1.29, 1.82) is 0 Å². The van der Waals surface area contributed by atoms with Gasteiger partial charge in [-0.1, -0.05) is 241 Å². The van der Waals surface area contributed by atoms with E-state index in [1.807, 2.05) is 0 Å². The van der Waals surface area contributed by atoms with Crippen LogP contribution < -0.4 is 0 Å². The normalized spacial score (nSPS) is 13.8. The largest absolute Gasteiger partial charge is 0.472 e. The molecule has 0 aliphatic rings. The number of aliphatic hydroxyl groups excluding tert-OH is 1. The maximum atomic E-state index is 13.0. The van der Waals surface area contributed by atoms with Crippen molar-refractivity contribution < 1.29 is 52.2 Å². The Hall–Kier alpha value is -3.34. The van der Waals surface area contributed by atoms with Crippen LogP contribution in [0.1, 0.15) is 290 Å². The Balaban J connectivity index is 4.73. The van der Waals surface area contributed by atoms with Crippen LogP contribution in [0, 0.1) is 0 Å². The van der Waals surface area contributed by atoms with Gasteiger partial charge in [0.1, 0.15) is 12.7 Å². The van der Waals surface area contributed by atoms with Gasteiger partial charge in [-0.15, -0.1) is 0 Å². The van der Waals surface area contributed by atoms with Gasteiger partial charge in [0, 0.05) is 19.3 Å². The summed E-state index contributed by atoms with van der Waals surface area (Å²) in [6.45, 7) is 4.51. The number of aliphatic hydroxyl groups is 1. The molecule has 2 N–H and O–H groups in total. The third-order valence-electron chi connectivity index (χ3n) is 13.8. The van der Waals surface area contributed by atoms with E-state index < -0.39 is 57.8 Å². The monoisotopic (exact) mass is 1140 g/mol. The summed E-state index contributed by atoms with van der Waals surface area (Å²) < 4.78 is 39.7. The van der Waals surface area contributed by atoms with Crippen molar-refractivity contribution in [2.24, 2.45) is 0 Å². The molecule has 0 saturated carbocycles. The third-order valence-corrected chi connectivity index (χ3v) is 14.7. The van der Waals surface area contributed by atoms with Crippen molar-refractivity contribution in [3.63, 3.8) is 0 Å². The van der Waals surface area contributed by atoms with Gasteiger partial charge in [-0.25, -0.2) is 4.57 Å². The van der Waals surface area contributed by atoms with Crippen LogP contribution in [0.3, 0.4) is 0 Å². The van der Waals surface area contributed by atoms with Gasteiger partial charge in [-0.2, -0.15) is 0 Å². The molecule has 0 saturated heterocycles. The number of hydrogen-bond donors (Lipinski definition) is 2. The molecule has 80 heavy (non-hydrogen) atoms. The fourth-order valence-corrected chi connectivity index (χ4v) is 9.63. The second kappa shape index (κ2) is 61.7. The standard InChI is InChI=1S/C68H119O11P/c1-4-7-10-13-16-19-22-25-28-31-32-35-38-41-44-47-50-53-56-59-68(72)79-65(61-75-66(70)57-54-51-48-45-42-39-36-33-29-26-23-20-17-14-11-8-5-2)63-77-80(73,74)76-62-64(60-69)78-67(71)58-55-52-49-46-43-40-37-34-30-27-24-21-18-15-12-9-6-3/h9,12,16,18-19,21,25-30,32,35,64-65,69H,4-8,10-11,13-15,17,20,22-24,31,33-34,36-63H2,1-3H3,(H,73,74)/b12-9-,19-16-,21-18-,28-25-,29-26-,30-27-,35-32-. The van der Waals surface area contributed by atoms with Crippen LogP contribution in [0.2, 0.25) is 0 Å². The highest BCUT2D eigenvalue weighted by Crippen LogP contribution is 2.43. The van der Waals surface area contributed by atoms with E-state index in [1.54, 1.807) is 0 Å². The van der Waals surface area contributed by atoms with E-state index in [9.17, 15) is 28.9 Å². The highest BCUT2D eigenvalue weighted by molar-refractivity contribution is 7.47. The van der Waals surface area contributed by atoms with Crippen molar-refractivity contribution in [2.45, 2.75) is 303 Å². The van der Waals surface area contributed by atoms with Crippen molar-refractivity contribution in [2.75, 3.05) is 26.4 Å². The van der Waals surface area contributed by atoms with Crippen molar-refractivity contribution >= 4 is 25.7 Å². The maximum absolute atomic E-state index is 13.0. The van der Waals surface area contributed by atoms with Crippen LogP contribution in [0.25, 0.3) is 0 Å². The predicted octanol–water partition coefficient (Wildman–Crippen LogP) is 19.8. The highest BCUT2D eigenvalue weighted by atomic mass is 31.2. The Morgan fingerprint density at radius 3 is 1.04 bits per heavy atom. The average molecular weight is 1140 g/mol. The number of unbranched alkanes of at least 4 members (excludes halogenated alkanes) is 29. The molecule has 0 amide bonds. The molecular formula is C68H119O11P. The number of carbonyl (C=O) groups excluding carboxylic acids is 3. The van der Waals surface area contributed by atoms with Gasteiger partial charge < -0.3 is 24.2 Å². The van der Waals surface area contributed by atoms with Crippen LogP contribution in [0.5, 0.6) is 0 Å². The van der Waals surface area contributed by atoms with Crippen LogP contribution in [-0.4, -0.2) is 66.5 Å². The summed E-state index contributed by atoms with van der Waals surface area (Å²) in [5.74, 6) is -1.49. The Morgan fingerprint density at radius 1 is 0.362 bits per heavy atom. The zero-order valence-electron chi connectivity index (χ0n) is 51.3. The summed E-state index contributed by atoms with van der Waals surface area (Å²) in [5.41, 5.74) is 0. The van der Waals surface area contributed by atoms with Gasteiger partial charge in [-0.3, -0.25) is 23.4 Å². The van der Waals surface area contributed by atoms with Gasteiger partial charge in [0.25, 0.3) is 0 Å². The van der Waals surface area contributed by atoms with Crippen LogP contribution in [0.4, 0.5) is 0 Å². The van der Waals surface area contributed by atoms with E-state index in [4.69, 9.17) is 23.3 Å². The predicted molar refractivity (Wildman–Crippen MR) is 334 cm³/mol. The van der Waals surface area contributed by atoms with Gasteiger partial charge in [0.05, 0.1) is 19.8 Å². The zero-order chi connectivity index (χ0) is 58.3. The summed E-state index contributed by atoms with van der Waals surface area (Å²) in [5, 5.41) is 9.86. The van der Waals surface area contributed by atoms with Crippen LogP contribution in [-0.2, 0) is 42.2 Å². The van der Waals surface area contributed by atoms with E-state index in [2.05, 4.69) is 106 Å². The quantitative estimate of drug-likeness (QED) is 0.0197. The van der Waals surface area contributed by atoms with Gasteiger partial charge >= 0.3 is 25.7 Å². The van der Waals surface area contributed by atoms with Crippen LogP contribution in [0.15, 0.2) is 85.1 Å². The van der Waals surface area contributed by atoms with Gasteiger partial charge in [-0.05, 0) is 116 Å². The number of carbonyl (C=O) groups is 3. The Kier molecular flexibility index (Phi) is 59.1. The second-order valence-corrected chi connectivity index (χ2v) is 23.0. The van der Waals surface area contributed by atoms with E-state index in [-0.39, 0.29) is 25.9 Å². The minimum absolute atomic E-state index is 0.150. The molecule has 3 atom stereocenters. The molecule has 0 aliphatic carbocycles. The second-order valence-electron chi connectivity index (χ2n) is 21.5. The summed E-state index contributed by atoms with van der Waals surface area (Å²) in [7, 11) is -4.76. The van der Waals surface area contributed by atoms with Gasteiger partial charge in [0.15, 0.2) is 6.10 Å². The average Bonchev–Trinajstić information content (AvgIpc) is 3.45. The molecule has 0 radical (unpaired) electrons. The van der Waals surface area contributed by atoms with E-state index in [0.717, 1.165) is 128 Å². The first kappa shape index (κ1) is 76.7. The molecule has 0 aliphatic heterocycles. The lowest BCUT2D eigenvalue weighted by molar-refractivity contribution is -0.161. The molecule has 3 unspecified atom stereocenters. The molecule has 0 rings (SSSR count). The van der Waals surface area contributed by atoms with Crippen molar-refractivity contribution in [1.82, 2.24) is 0 Å². The van der Waals surface area contributed by atoms with Crippen molar-refractivity contribution in [3.8, 4) is 0 Å². The molecule has 0 aromatic rings. The molecule has 11 nitrogen and oxygen atoms in total. The summed E-state index contributed by atoms with van der Waals surface area (Å²) in [6, 6.07) is 0. The minimum atomic E-state index is -4.76. The summed E-state index contributed by atoms with van der Waals surface area (Å²) in [6.07, 6.45) is 72.4. The number of hydrogen-bond acceptors (Lipinski definition) is 10. The molecule has 0 aromatic carbocycles. The molecule has 462 valence electrons. The fraction of sp³-hybridized carbons (Fsp3) is 0.750. The highest BCUT2D eigenvalue weighted by Gasteiger charge is 2.28. The summed E-state index contributed by atoms with van der Waals surface area (Å²) >= 11 is 0.